The average molecular weight is 338 g/mol. The van der Waals surface area contributed by atoms with Gasteiger partial charge in [0.05, 0.1) is 21.3 Å². The molecule has 0 bridgehead atoms. The Balaban J connectivity index is 2.47. The Morgan fingerprint density at radius 1 is 0.750 bits per heavy atom. The van der Waals surface area contributed by atoms with Crippen LogP contribution in [0.15, 0.2) is 6.07 Å². The number of aryl methyl sites for hydroxylation is 1. The van der Waals surface area contributed by atoms with Gasteiger partial charge in [-0.25, -0.2) is 0 Å². The molecule has 1 N–H and O–H groups in total. The Kier molecular flexibility index (Phi) is 10.3. The number of methoxy groups -OCH3 is 3. The molecule has 0 saturated carbocycles. The van der Waals surface area contributed by atoms with Gasteiger partial charge in [0.2, 0.25) is 5.75 Å². The van der Waals surface area contributed by atoms with Crippen LogP contribution in [-0.2, 0) is 6.42 Å². The van der Waals surface area contributed by atoms with E-state index in [-0.39, 0.29) is 0 Å². The predicted molar refractivity (Wildman–Crippen MR) is 98.6 cm³/mol. The van der Waals surface area contributed by atoms with Gasteiger partial charge in [-0.2, -0.15) is 0 Å². The molecule has 0 fully saturated rings. The lowest BCUT2D eigenvalue weighted by Crippen LogP contribution is -2.01. The smallest absolute Gasteiger partial charge is 0.203 e. The van der Waals surface area contributed by atoms with Gasteiger partial charge in [0.1, 0.15) is 0 Å². The van der Waals surface area contributed by atoms with E-state index in [1.807, 2.05) is 6.07 Å². The molecule has 138 valence electrons. The summed E-state index contributed by atoms with van der Waals surface area (Å²) >= 11 is 0. The van der Waals surface area contributed by atoms with Crippen molar-refractivity contribution in [2.75, 3.05) is 27.9 Å². The molecule has 4 nitrogen and oxygen atoms in total. The maximum Gasteiger partial charge on any atom is 0.203 e. The van der Waals surface area contributed by atoms with Crippen molar-refractivity contribution in [3.63, 3.8) is 0 Å². The van der Waals surface area contributed by atoms with Gasteiger partial charge in [0, 0.05) is 12.2 Å². The number of benzene rings is 1. The summed E-state index contributed by atoms with van der Waals surface area (Å²) in [7, 11) is 4.99. The van der Waals surface area contributed by atoms with Crippen LogP contribution in [0, 0.1) is 6.92 Å². The third kappa shape index (κ3) is 6.23. The van der Waals surface area contributed by atoms with Crippen molar-refractivity contribution >= 4 is 0 Å². The average Bonchev–Trinajstić information content (AvgIpc) is 2.60. The van der Waals surface area contributed by atoms with E-state index in [4.69, 9.17) is 19.3 Å². The van der Waals surface area contributed by atoms with Crippen LogP contribution < -0.4 is 14.2 Å². The molecular weight excluding hydrogens is 304 g/mol. The number of unbranched alkanes of at least 4 members (excludes halogenated alkanes) is 7. The van der Waals surface area contributed by atoms with E-state index in [0.29, 0.717) is 12.4 Å². The SMILES string of the molecule is COc1cc(C)c(CCCCCCCCCCO)c(OC)c1OC. The summed E-state index contributed by atoms with van der Waals surface area (Å²) in [4.78, 5) is 0. The second-order valence-electron chi connectivity index (χ2n) is 6.24. The molecule has 0 aromatic heterocycles. The van der Waals surface area contributed by atoms with Crippen LogP contribution in [0.5, 0.6) is 17.2 Å². The third-order valence-electron chi connectivity index (χ3n) is 4.49. The summed E-state index contributed by atoms with van der Waals surface area (Å²) in [6.07, 6.45) is 10.6. The van der Waals surface area contributed by atoms with E-state index in [1.54, 1.807) is 21.3 Å². The maximum absolute atomic E-state index is 8.76. The van der Waals surface area contributed by atoms with Crippen LogP contribution in [0.25, 0.3) is 0 Å². The minimum absolute atomic E-state index is 0.326. The number of hydrogen-bond donors (Lipinski definition) is 1. The summed E-state index contributed by atoms with van der Waals surface area (Å²) in [6.45, 7) is 2.42. The van der Waals surface area contributed by atoms with Gasteiger partial charge in [0.25, 0.3) is 0 Å². The van der Waals surface area contributed by atoms with E-state index in [1.165, 1.54) is 43.2 Å². The molecule has 0 atom stereocenters. The molecule has 1 aromatic rings. The summed E-state index contributed by atoms with van der Waals surface area (Å²) in [5.41, 5.74) is 2.41. The molecular formula is C20H34O4. The molecule has 0 saturated heterocycles. The van der Waals surface area contributed by atoms with Crippen molar-refractivity contribution < 1.29 is 19.3 Å². The minimum atomic E-state index is 0.326. The molecule has 0 unspecified atom stereocenters. The Labute approximate surface area is 147 Å². The van der Waals surface area contributed by atoms with E-state index in [0.717, 1.165) is 37.2 Å². The quantitative estimate of drug-likeness (QED) is 0.531. The van der Waals surface area contributed by atoms with Crippen LogP contribution in [0.2, 0.25) is 0 Å². The zero-order chi connectivity index (χ0) is 17.8. The minimum Gasteiger partial charge on any atom is -0.493 e. The summed E-state index contributed by atoms with van der Waals surface area (Å²) < 4.78 is 16.5. The highest BCUT2D eigenvalue weighted by molar-refractivity contribution is 5.58. The molecule has 0 amide bonds. The van der Waals surface area contributed by atoms with Gasteiger partial charge < -0.3 is 19.3 Å². The Hall–Kier alpha value is -1.42. The maximum atomic E-state index is 8.76. The number of aliphatic hydroxyl groups is 1. The molecule has 0 aliphatic carbocycles. The number of ether oxygens (including phenoxy) is 3. The van der Waals surface area contributed by atoms with Gasteiger partial charge in [-0.3, -0.25) is 0 Å². The van der Waals surface area contributed by atoms with Gasteiger partial charge in [-0.1, -0.05) is 38.5 Å². The second-order valence-corrected chi connectivity index (χ2v) is 6.24. The zero-order valence-electron chi connectivity index (χ0n) is 15.8. The van der Waals surface area contributed by atoms with E-state index < -0.39 is 0 Å². The predicted octanol–water partition coefficient (Wildman–Crippen LogP) is 4.68. The van der Waals surface area contributed by atoms with E-state index >= 15 is 0 Å². The summed E-state index contributed by atoms with van der Waals surface area (Å²) in [5.74, 6) is 2.21. The zero-order valence-corrected chi connectivity index (χ0v) is 15.8. The fourth-order valence-corrected chi connectivity index (χ4v) is 3.12. The van der Waals surface area contributed by atoms with Crippen LogP contribution in [0.1, 0.15) is 62.5 Å². The lowest BCUT2D eigenvalue weighted by atomic mass is 9.99. The van der Waals surface area contributed by atoms with Crippen LogP contribution in [0.4, 0.5) is 0 Å². The number of aliphatic hydroxyl groups excluding tert-OH is 1. The molecule has 4 heteroatoms. The molecule has 1 aromatic carbocycles. The molecule has 0 aliphatic rings. The van der Waals surface area contributed by atoms with Crippen molar-refractivity contribution in [1.29, 1.82) is 0 Å². The normalized spacial score (nSPS) is 10.7. The van der Waals surface area contributed by atoms with Gasteiger partial charge in [-0.05, 0) is 37.8 Å². The van der Waals surface area contributed by atoms with Crippen molar-refractivity contribution in [3.05, 3.63) is 17.2 Å². The number of hydrogen-bond acceptors (Lipinski definition) is 4. The van der Waals surface area contributed by atoms with Crippen molar-refractivity contribution in [3.8, 4) is 17.2 Å². The van der Waals surface area contributed by atoms with Crippen molar-refractivity contribution in [2.24, 2.45) is 0 Å². The largest absolute Gasteiger partial charge is 0.493 e. The Morgan fingerprint density at radius 2 is 1.29 bits per heavy atom. The highest BCUT2D eigenvalue weighted by Crippen LogP contribution is 2.42. The first-order valence-electron chi connectivity index (χ1n) is 9.08. The van der Waals surface area contributed by atoms with E-state index in [9.17, 15) is 0 Å². The Bertz CT molecular complexity index is 471. The molecule has 0 radical (unpaired) electrons. The number of rotatable bonds is 13. The first-order valence-corrected chi connectivity index (χ1v) is 9.08. The first-order chi connectivity index (χ1) is 11.7. The monoisotopic (exact) mass is 338 g/mol. The standard InChI is InChI=1S/C20H34O4/c1-16-15-18(22-2)20(24-4)19(23-3)17(16)13-11-9-7-5-6-8-10-12-14-21/h15,21H,5-14H2,1-4H3. The fraction of sp³-hybridized carbons (Fsp3) is 0.700. The Morgan fingerprint density at radius 3 is 1.79 bits per heavy atom. The topological polar surface area (TPSA) is 47.9 Å². The van der Waals surface area contributed by atoms with Gasteiger partial charge in [0.15, 0.2) is 11.5 Å². The molecule has 1 rings (SSSR count). The third-order valence-corrected chi connectivity index (χ3v) is 4.49. The highest BCUT2D eigenvalue weighted by atomic mass is 16.5. The highest BCUT2D eigenvalue weighted by Gasteiger charge is 2.18. The lowest BCUT2D eigenvalue weighted by Gasteiger charge is -2.18. The van der Waals surface area contributed by atoms with Crippen LogP contribution in [-0.4, -0.2) is 33.0 Å². The van der Waals surface area contributed by atoms with Crippen LogP contribution in [0.3, 0.4) is 0 Å². The van der Waals surface area contributed by atoms with Crippen molar-refractivity contribution in [2.45, 2.75) is 64.7 Å². The van der Waals surface area contributed by atoms with Crippen LogP contribution >= 0.6 is 0 Å². The fourth-order valence-electron chi connectivity index (χ4n) is 3.12. The molecule has 24 heavy (non-hydrogen) atoms. The summed E-state index contributed by atoms with van der Waals surface area (Å²) in [5, 5.41) is 8.76. The van der Waals surface area contributed by atoms with Gasteiger partial charge >= 0.3 is 0 Å². The first kappa shape index (κ1) is 20.6. The van der Waals surface area contributed by atoms with Crippen molar-refractivity contribution in [1.82, 2.24) is 0 Å². The lowest BCUT2D eigenvalue weighted by molar-refractivity contribution is 0.282. The van der Waals surface area contributed by atoms with E-state index in [2.05, 4.69) is 6.92 Å². The molecule has 0 spiro atoms. The molecule has 0 aliphatic heterocycles. The second kappa shape index (κ2) is 12.0. The molecule has 0 heterocycles. The summed E-state index contributed by atoms with van der Waals surface area (Å²) in [6, 6.07) is 2.03. The van der Waals surface area contributed by atoms with Gasteiger partial charge in [-0.15, -0.1) is 0 Å².